The van der Waals surface area contributed by atoms with Crippen LogP contribution in [0.25, 0.3) is 0 Å². The average molecular weight is 146 g/mol. The molecule has 1 heterocycles. The van der Waals surface area contributed by atoms with Gasteiger partial charge in [-0.25, -0.2) is 0 Å². The van der Waals surface area contributed by atoms with Gasteiger partial charge in [-0.15, -0.1) is 0 Å². The molecule has 0 bridgehead atoms. The lowest BCUT2D eigenvalue weighted by atomic mass is 10.3. The maximum absolute atomic E-state index is 5.47. The molecule has 0 aliphatic carbocycles. The Morgan fingerprint density at radius 2 is 1.70 bits per heavy atom. The van der Waals surface area contributed by atoms with E-state index in [1.54, 1.807) is 0 Å². The van der Waals surface area contributed by atoms with Crippen LogP contribution in [0.4, 0.5) is 0 Å². The Morgan fingerprint density at radius 3 is 1.80 bits per heavy atom. The van der Waals surface area contributed by atoms with Crippen molar-refractivity contribution in [3.63, 3.8) is 0 Å². The van der Waals surface area contributed by atoms with Crippen molar-refractivity contribution in [1.82, 2.24) is 5.32 Å². The third-order valence-corrected chi connectivity index (χ3v) is 1.10. The molecule has 1 aliphatic rings. The number of nitrogens with one attached hydrogen (secondary N) is 1. The summed E-state index contributed by atoms with van der Waals surface area (Å²) < 4.78 is 0. The molecule has 1 fully saturated rings. The topological polar surface area (TPSA) is 38.0 Å². The number of hydrogen-bond acceptors (Lipinski definition) is 2. The fourth-order valence-electron chi connectivity index (χ4n) is 0.677. The summed E-state index contributed by atoms with van der Waals surface area (Å²) in [4.78, 5) is 0. The summed E-state index contributed by atoms with van der Waals surface area (Å²) in [5.41, 5.74) is 5.47. The first kappa shape index (κ1) is 12.6. The smallest absolute Gasteiger partial charge is 0.0177 e. The second-order valence-corrected chi connectivity index (χ2v) is 1.75. The monoisotopic (exact) mass is 146 g/mol. The normalized spacial score (nSPS) is 21.9. The van der Waals surface area contributed by atoms with E-state index >= 15 is 0 Å². The summed E-state index contributed by atoms with van der Waals surface area (Å²) in [6.07, 6.45) is 1.15. The summed E-state index contributed by atoms with van der Waals surface area (Å²) in [6.45, 7) is 10.1. The van der Waals surface area contributed by atoms with Crippen molar-refractivity contribution < 1.29 is 0 Å². The zero-order valence-electron chi connectivity index (χ0n) is 7.78. The maximum atomic E-state index is 5.47. The molecule has 2 heteroatoms. The van der Waals surface area contributed by atoms with Gasteiger partial charge in [0.15, 0.2) is 0 Å². The van der Waals surface area contributed by atoms with Crippen molar-refractivity contribution in [2.75, 3.05) is 13.1 Å². The van der Waals surface area contributed by atoms with E-state index in [2.05, 4.69) is 5.32 Å². The van der Waals surface area contributed by atoms with Crippen molar-refractivity contribution >= 4 is 0 Å². The van der Waals surface area contributed by atoms with Crippen LogP contribution in [0.3, 0.4) is 0 Å². The zero-order valence-corrected chi connectivity index (χ0v) is 7.78. The third kappa shape index (κ3) is 7.92. The van der Waals surface area contributed by atoms with Gasteiger partial charge in [0, 0.05) is 12.6 Å². The molecule has 0 spiro atoms. The molecule has 1 rings (SSSR count). The van der Waals surface area contributed by atoms with Crippen molar-refractivity contribution in [2.45, 2.75) is 40.2 Å². The van der Waals surface area contributed by atoms with Crippen LogP contribution in [-0.4, -0.2) is 19.1 Å². The molecule has 10 heavy (non-hydrogen) atoms. The van der Waals surface area contributed by atoms with Gasteiger partial charge in [0.1, 0.15) is 0 Å². The van der Waals surface area contributed by atoms with Gasteiger partial charge in [-0.05, 0) is 13.0 Å². The van der Waals surface area contributed by atoms with Crippen molar-refractivity contribution in [3.8, 4) is 0 Å². The van der Waals surface area contributed by atoms with Gasteiger partial charge in [-0.2, -0.15) is 0 Å². The minimum Gasteiger partial charge on any atom is -0.327 e. The molecular weight excluding hydrogens is 124 g/mol. The molecule has 0 saturated carbocycles. The molecule has 3 N–H and O–H groups in total. The van der Waals surface area contributed by atoms with Crippen molar-refractivity contribution in [2.24, 2.45) is 5.73 Å². The Balaban J connectivity index is 0. The molecule has 1 atom stereocenters. The molecule has 0 aromatic heterocycles. The summed E-state index contributed by atoms with van der Waals surface area (Å²) in [5.74, 6) is 0. The zero-order chi connectivity index (χ0) is 8.41. The standard InChI is InChI=1S/C4H10N2.2C2H6/c5-4-1-2-6-3-4;2*1-2/h4,6H,1-3,5H2;2*1-2H3. The van der Waals surface area contributed by atoms with Gasteiger partial charge in [-0.3, -0.25) is 0 Å². The molecule has 64 valence electrons. The second-order valence-electron chi connectivity index (χ2n) is 1.75. The van der Waals surface area contributed by atoms with Gasteiger partial charge in [0.2, 0.25) is 0 Å². The van der Waals surface area contributed by atoms with E-state index in [1.807, 2.05) is 27.7 Å². The number of rotatable bonds is 0. The molecule has 0 amide bonds. The van der Waals surface area contributed by atoms with Crippen LogP contribution in [0, 0.1) is 0 Å². The molecule has 1 saturated heterocycles. The Morgan fingerprint density at radius 1 is 1.20 bits per heavy atom. The van der Waals surface area contributed by atoms with Crippen LogP contribution < -0.4 is 11.1 Å². The second kappa shape index (κ2) is 11.7. The Hall–Kier alpha value is -0.0800. The summed E-state index contributed by atoms with van der Waals surface area (Å²) in [7, 11) is 0. The summed E-state index contributed by atoms with van der Waals surface area (Å²) >= 11 is 0. The van der Waals surface area contributed by atoms with Crippen LogP contribution in [0.15, 0.2) is 0 Å². The molecule has 0 radical (unpaired) electrons. The van der Waals surface area contributed by atoms with Gasteiger partial charge in [0.05, 0.1) is 0 Å². The molecule has 0 aromatic carbocycles. The Labute approximate surface area is 65.2 Å². The Kier molecular flexibility index (Phi) is 14.7. The first-order valence-electron chi connectivity index (χ1n) is 4.36. The SMILES string of the molecule is CC.CC.NC1CCNC1. The lowest BCUT2D eigenvalue weighted by molar-refractivity contribution is 0.742. The predicted molar refractivity (Wildman–Crippen MR) is 48.2 cm³/mol. The van der Waals surface area contributed by atoms with Crippen LogP contribution in [0.5, 0.6) is 0 Å². The van der Waals surface area contributed by atoms with E-state index in [4.69, 9.17) is 5.73 Å². The highest BCUT2D eigenvalue weighted by Crippen LogP contribution is 1.90. The highest BCUT2D eigenvalue weighted by Gasteiger charge is 2.06. The molecule has 1 unspecified atom stereocenters. The maximum Gasteiger partial charge on any atom is 0.0177 e. The summed E-state index contributed by atoms with van der Waals surface area (Å²) in [5, 5.41) is 3.15. The van der Waals surface area contributed by atoms with Gasteiger partial charge in [-0.1, -0.05) is 27.7 Å². The summed E-state index contributed by atoms with van der Waals surface area (Å²) in [6, 6.07) is 0.435. The molecular formula is C8H22N2. The quantitative estimate of drug-likeness (QED) is 0.541. The van der Waals surface area contributed by atoms with E-state index < -0.39 is 0 Å². The van der Waals surface area contributed by atoms with Gasteiger partial charge < -0.3 is 11.1 Å². The third-order valence-electron chi connectivity index (χ3n) is 1.10. The van der Waals surface area contributed by atoms with Crippen molar-refractivity contribution in [3.05, 3.63) is 0 Å². The first-order valence-corrected chi connectivity index (χ1v) is 4.36. The lowest BCUT2D eigenvalue weighted by Crippen LogP contribution is -2.21. The van der Waals surface area contributed by atoms with Gasteiger partial charge in [0.25, 0.3) is 0 Å². The number of nitrogens with two attached hydrogens (primary N) is 1. The van der Waals surface area contributed by atoms with Crippen LogP contribution in [0.2, 0.25) is 0 Å². The van der Waals surface area contributed by atoms with E-state index in [0.29, 0.717) is 6.04 Å². The lowest BCUT2D eigenvalue weighted by Gasteiger charge is -1.91. The Bertz CT molecular complexity index is 40.5. The van der Waals surface area contributed by atoms with E-state index in [0.717, 1.165) is 19.5 Å². The average Bonchev–Trinajstić information content (AvgIpc) is 2.48. The fourth-order valence-corrected chi connectivity index (χ4v) is 0.677. The molecule has 2 nitrogen and oxygen atoms in total. The molecule has 0 aromatic rings. The highest BCUT2D eigenvalue weighted by molar-refractivity contribution is 4.72. The predicted octanol–water partition coefficient (Wildman–Crippen LogP) is 1.36. The van der Waals surface area contributed by atoms with Crippen LogP contribution in [0.1, 0.15) is 34.1 Å². The van der Waals surface area contributed by atoms with Crippen LogP contribution in [-0.2, 0) is 0 Å². The van der Waals surface area contributed by atoms with E-state index in [1.165, 1.54) is 0 Å². The minimum absolute atomic E-state index is 0.435. The van der Waals surface area contributed by atoms with E-state index in [-0.39, 0.29) is 0 Å². The molecule has 1 aliphatic heterocycles. The minimum atomic E-state index is 0.435. The van der Waals surface area contributed by atoms with Crippen molar-refractivity contribution in [1.29, 1.82) is 0 Å². The highest BCUT2D eigenvalue weighted by atomic mass is 14.9. The first-order chi connectivity index (χ1) is 4.89. The fraction of sp³-hybridized carbons (Fsp3) is 1.00. The largest absolute Gasteiger partial charge is 0.327 e. The van der Waals surface area contributed by atoms with Gasteiger partial charge >= 0.3 is 0 Å². The van der Waals surface area contributed by atoms with E-state index in [9.17, 15) is 0 Å². The number of hydrogen-bond donors (Lipinski definition) is 2. The van der Waals surface area contributed by atoms with Crippen LogP contribution >= 0.6 is 0 Å².